The zero-order valence-electron chi connectivity index (χ0n) is 19.6. The molecule has 0 saturated carbocycles. The molecule has 1 aromatic carbocycles. The third kappa shape index (κ3) is 3.72. The number of aryl methyl sites for hydroxylation is 2. The number of carboxylic acid groups (broad SMARTS) is 1. The van der Waals surface area contributed by atoms with Crippen LogP contribution in [0, 0.1) is 38.0 Å². The minimum absolute atomic E-state index is 0.359. The maximum Gasteiger partial charge on any atom is 0.308 e. The first kappa shape index (κ1) is 22.6. The summed E-state index contributed by atoms with van der Waals surface area (Å²) in [6.45, 7) is 7.65. The summed E-state index contributed by atoms with van der Waals surface area (Å²) in [7, 11) is 0. The summed E-state index contributed by atoms with van der Waals surface area (Å²) in [5, 5.41) is 28.6. The highest BCUT2D eigenvalue weighted by molar-refractivity contribution is 7.15. The Hall–Kier alpha value is -4.16. The van der Waals surface area contributed by atoms with Crippen LogP contribution in [-0.4, -0.2) is 36.5 Å². The molecule has 0 aliphatic carbocycles. The van der Waals surface area contributed by atoms with Gasteiger partial charge in [0.1, 0.15) is 28.6 Å². The first-order valence-electron chi connectivity index (χ1n) is 11.1. The molecule has 0 saturated heterocycles. The van der Waals surface area contributed by atoms with Gasteiger partial charge in [-0.25, -0.2) is 4.98 Å². The van der Waals surface area contributed by atoms with Gasteiger partial charge >= 0.3 is 5.97 Å². The predicted octanol–water partition coefficient (Wildman–Crippen LogP) is 4.80. The molecule has 4 aromatic rings. The van der Waals surface area contributed by atoms with Gasteiger partial charge in [-0.15, -0.1) is 21.5 Å². The van der Waals surface area contributed by atoms with Crippen molar-refractivity contribution in [3.63, 3.8) is 0 Å². The van der Waals surface area contributed by atoms with E-state index in [2.05, 4.69) is 35.1 Å². The number of carbonyl (C=O) groups is 1. The van der Waals surface area contributed by atoms with Gasteiger partial charge in [-0.1, -0.05) is 30.3 Å². The molecule has 0 bridgehead atoms. The Bertz CT molecular complexity index is 1540. The van der Waals surface area contributed by atoms with E-state index in [-0.39, 0.29) is 0 Å². The molecule has 2 atom stereocenters. The molecular formula is C26H22N6O2S. The number of aromatic nitrogens is 4. The van der Waals surface area contributed by atoms with E-state index in [9.17, 15) is 15.2 Å². The second-order valence-electron chi connectivity index (χ2n) is 8.55. The van der Waals surface area contributed by atoms with Gasteiger partial charge in [-0.3, -0.25) is 14.4 Å². The molecule has 1 aliphatic rings. The first-order valence-corrected chi connectivity index (χ1v) is 11.9. The average molecular weight is 483 g/mol. The lowest BCUT2D eigenvalue weighted by Gasteiger charge is -2.16. The van der Waals surface area contributed by atoms with Crippen molar-refractivity contribution in [2.24, 2.45) is 10.9 Å². The summed E-state index contributed by atoms with van der Waals surface area (Å²) < 4.78 is 1.95. The van der Waals surface area contributed by atoms with E-state index in [1.54, 1.807) is 24.3 Å². The third-order valence-corrected chi connectivity index (χ3v) is 7.56. The molecule has 0 fully saturated rings. The van der Waals surface area contributed by atoms with Crippen LogP contribution in [0.25, 0.3) is 16.3 Å². The second kappa shape index (κ2) is 8.56. The number of aliphatic carboxylic acids is 1. The number of carboxylic acids is 1. The Balaban J connectivity index is 1.70. The minimum atomic E-state index is -0.942. The Morgan fingerprint density at radius 3 is 2.51 bits per heavy atom. The van der Waals surface area contributed by atoms with Crippen molar-refractivity contribution in [1.29, 1.82) is 5.26 Å². The number of fused-ring (bicyclic) bond motifs is 3. The smallest absolute Gasteiger partial charge is 0.308 e. The Morgan fingerprint density at radius 2 is 1.83 bits per heavy atom. The van der Waals surface area contributed by atoms with Gasteiger partial charge in [0.05, 0.1) is 17.3 Å². The highest BCUT2D eigenvalue weighted by atomic mass is 32.1. The molecule has 0 amide bonds. The number of hydrogen-bond donors (Lipinski definition) is 1. The summed E-state index contributed by atoms with van der Waals surface area (Å²) in [4.78, 5) is 22.6. The fourth-order valence-corrected chi connectivity index (χ4v) is 5.49. The van der Waals surface area contributed by atoms with E-state index in [1.807, 2.05) is 47.9 Å². The van der Waals surface area contributed by atoms with Crippen LogP contribution in [0.4, 0.5) is 0 Å². The van der Waals surface area contributed by atoms with Crippen molar-refractivity contribution < 1.29 is 9.90 Å². The number of pyridine rings is 1. The van der Waals surface area contributed by atoms with Crippen LogP contribution in [-0.2, 0) is 4.79 Å². The molecule has 3 aromatic heterocycles. The van der Waals surface area contributed by atoms with Crippen LogP contribution in [0.15, 0.2) is 47.5 Å². The molecule has 1 aliphatic heterocycles. The quantitative estimate of drug-likeness (QED) is 0.446. The van der Waals surface area contributed by atoms with E-state index < -0.39 is 17.9 Å². The van der Waals surface area contributed by atoms with Crippen LogP contribution in [0.3, 0.4) is 0 Å². The lowest BCUT2D eigenvalue weighted by Crippen LogP contribution is -2.21. The summed E-state index contributed by atoms with van der Waals surface area (Å²) in [6.07, 6.45) is 0. The zero-order chi connectivity index (χ0) is 24.9. The molecular weight excluding hydrogens is 460 g/mol. The Kier molecular flexibility index (Phi) is 5.53. The van der Waals surface area contributed by atoms with E-state index in [4.69, 9.17) is 4.99 Å². The van der Waals surface area contributed by atoms with Gasteiger partial charge in [0.15, 0.2) is 5.82 Å². The molecule has 1 unspecified atom stereocenters. The van der Waals surface area contributed by atoms with Crippen LogP contribution >= 0.6 is 11.3 Å². The molecule has 9 heteroatoms. The normalized spacial score (nSPS) is 15.4. The topological polar surface area (TPSA) is 117 Å². The van der Waals surface area contributed by atoms with E-state index >= 15 is 0 Å². The van der Waals surface area contributed by atoms with E-state index in [1.165, 1.54) is 0 Å². The summed E-state index contributed by atoms with van der Waals surface area (Å²) in [5.74, 6) is -0.508. The van der Waals surface area contributed by atoms with Crippen molar-refractivity contribution in [2.45, 2.75) is 33.7 Å². The van der Waals surface area contributed by atoms with Crippen LogP contribution < -0.4 is 0 Å². The van der Waals surface area contributed by atoms with Gasteiger partial charge in [0, 0.05) is 21.6 Å². The maximum absolute atomic E-state index is 12.0. The molecule has 174 valence electrons. The van der Waals surface area contributed by atoms with Gasteiger partial charge in [-0.05, 0) is 45.4 Å². The van der Waals surface area contributed by atoms with Crippen molar-refractivity contribution in [1.82, 2.24) is 19.7 Å². The minimum Gasteiger partial charge on any atom is -0.481 e. The van der Waals surface area contributed by atoms with Gasteiger partial charge in [-0.2, -0.15) is 5.26 Å². The van der Waals surface area contributed by atoms with Crippen molar-refractivity contribution >= 4 is 23.0 Å². The van der Waals surface area contributed by atoms with Crippen molar-refractivity contribution in [2.75, 3.05) is 0 Å². The SMILES string of the molecule is Cc1sc2c(c1C)C(c1ccc(-c3cccc(C#N)n3)cc1)=NC([C@H](C)C(=O)O)c1nnc(C)n1-2. The first-order chi connectivity index (χ1) is 16.8. The Morgan fingerprint density at radius 1 is 1.11 bits per heavy atom. The fraction of sp³-hybridized carbons (Fsp3) is 0.231. The number of nitrogens with zero attached hydrogens (tertiary/aromatic N) is 6. The fourth-order valence-electron chi connectivity index (χ4n) is 4.27. The second-order valence-corrected chi connectivity index (χ2v) is 9.75. The van der Waals surface area contributed by atoms with E-state index in [0.717, 1.165) is 37.8 Å². The zero-order valence-corrected chi connectivity index (χ0v) is 20.5. The predicted molar refractivity (Wildman–Crippen MR) is 133 cm³/mol. The number of rotatable bonds is 4. The van der Waals surface area contributed by atoms with Crippen LogP contribution in [0.2, 0.25) is 0 Å². The highest BCUT2D eigenvalue weighted by Crippen LogP contribution is 2.40. The largest absolute Gasteiger partial charge is 0.481 e. The number of thiophene rings is 1. The Labute approximate surface area is 206 Å². The number of benzene rings is 1. The molecule has 5 rings (SSSR count). The third-order valence-electron chi connectivity index (χ3n) is 6.37. The van der Waals surface area contributed by atoms with E-state index in [0.29, 0.717) is 23.0 Å². The lowest BCUT2D eigenvalue weighted by molar-refractivity contribution is -0.141. The molecule has 1 N–H and O–H groups in total. The number of hydrogen-bond acceptors (Lipinski definition) is 7. The summed E-state index contributed by atoms with van der Waals surface area (Å²) >= 11 is 1.63. The lowest BCUT2D eigenvalue weighted by atomic mass is 9.97. The molecule has 0 radical (unpaired) electrons. The average Bonchev–Trinajstić information content (AvgIpc) is 3.33. The monoisotopic (exact) mass is 482 g/mol. The molecule has 35 heavy (non-hydrogen) atoms. The van der Waals surface area contributed by atoms with Crippen molar-refractivity contribution in [3.05, 3.63) is 81.4 Å². The van der Waals surface area contributed by atoms with Crippen molar-refractivity contribution in [3.8, 4) is 22.3 Å². The standard InChI is InChI=1S/C26H22N6O2S/c1-13-15(3)35-25-21(13)23(29-22(14(2)26(33)34)24-31-30-16(4)32(24)25)18-10-8-17(9-11-18)20-7-5-6-19(12-27)28-20/h5-11,14,22H,1-4H3,(H,33,34)/t14-,22?/m0/s1. The van der Waals surface area contributed by atoms with Gasteiger partial charge in [0.25, 0.3) is 0 Å². The number of nitriles is 1. The molecule has 0 spiro atoms. The molecule has 4 heterocycles. The van der Waals surface area contributed by atoms with Gasteiger partial charge in [0.2, 0.25) is 0 Å². The highest BCUT2D eigenvalue weighted by Gasteiger charge is 2.36. The maximum atomic E-state index is 12.0. The summed E-state index contributed by atoms with van der Waals surface area (Å²) in [5.41, 5.74) is 5.61. The number of aliphatic imine (C=N–C) groups is 1. The van der Waals surface area contributed by atoms with Gasteiger partial charge < -0.3 is 5.11 Å². The van der Waals surface area contributed by atoms with Crippen LogP contribution in [0.5, 0.6) is 0 Å². The summed E-state index contributed by atoms with van der Waals surface area (Å²) in [6, 6.07) is 14.5. The van der Waals surface area contributed by atoms with Crippen LogP contribution in [0.1, 0.15) is 51.9 Å². The molecule has 8 nitrogen and oxygen atoms in total.